The number of unbranched alkanes of at least 4 members (excludes halogenated alkanes) is 7. The van der Waals surface area contributed by atoms with Gasteiger partial charge in [-0.25, -0.2) is 0 Å². The summed E-state index contributed by atoms with van der Waals surface area (Å²) in [4.78, 5) is 38.1. The van der Waals surface area contributed by atoms with Crippen LogP contribution in [0.3, 0.4) is 0 Å². The number of nitrogens with zero attached hydrogens (tertiary/aromatic N) is 3. The molecule has 0 fully saturated rings. The molecule has 0 atom stereocenters. The molecular weight excluding hydrogens is 436 g/mol. The molecule has 1 N–H and O–H groups in total. The van der Waals surface area contributed by atoms with Crippen LogP contribution < -0.4 is 5.32 Å². The molecule has 7 nitrogen and oxygen atoms in total. The molecule has 0 saturated carbocycles. The first-order valence-electron chi connectivity index (χ1n) is 12.0. The maximum absolute atomic E-state index is 12.3. The Morgan fingerprint density at radius 1 is 0.909 bits per heavy atom. The molecule has 1 aliphatic rings. The van der Waals surface area contributed by atoms with E-state index in [0.717, 1.165) is 62.8 Å². The van der Waals surface area contributed by atoms with Gasteiger partial charge in [0, 0.05) is 19.4 Å². The summed E-state index contributed by atoms with van der Waals surface area (Å²) in [6, 6.07) is 7.03. The summed E-state index contributed by atoms with van der Waals surface area (Å²) in [5.74, 6) is 0.205. The minimum Gasteiger partial charge on any atom is -0.301 e. The Morgan fingerprint density at radius 3 is 2.09 bits per heavy atom. The molecule has 0 aliphatic carbocycles. The lowest BCUT2D eigenvalue weighted by Gasteiger charge is -2.13. The molecule has 1 aliphatic heterocycles. The Morgan fingerprint density at radius 2 is 1.48 bits per heavy atom. The van der Waals surface area contributed by atoms with Crippen LogP contribution in [0.4, 0.5) is 5.13 Å². The summed E-state index contributed by atoms with van der Waals surface area (Å²) in [6.45, 7) is 4.77. The van der Waals surface area contributed by atoms with Crippen LogP contribution in [-0.4, -0.2) is 39.4 Å². The summed E-state index contributed by atoms with van der Waals surface area (Å²) in [5, 5.41) is 12.6. The van der Waals surface area contributed by atoms with E-state index in [1.807, 2.05) is 0 Å². The van der Waals surface area contributed by atoms with Gasteiger partial charge in [-0.3, -0.25) is 19.3 Å². The highest BCUT2D eigenvalue weighted by atomic mass is 32.1. The Labute approximate surface area is 200 Å². The van der Waals surface area contributed by atoms with Crippen LogP contribution in [0.15, 0.2) is 24.3 Å². The number of hydrogen-bond acceptors (Lipinski definition) is 6. The number of fused-ring (bicyclic) bond motifs is 1. The number of benzene rings is 1. The van der Waals surface area contributed by atoms with Crippen LogP contribution in [0.1, 0.15) is 97.4 Å². The van der Waals surface area contributed by atoms with Gasteiger partial charge in [0.2, 0.25) is 11.0 Å². The third-order valence-electron chi connectivity index (χ3n) is 5.71. The minimum absolute atomic E-state index is 0.00963. The minimum atomic E-state index is -0.165. The molecule has 8 heteroatoms. The van der Waals surface area contributed by atoms with E-state index >= 15 is 0 Å². The molecule has 0 saturated heterocycles. The van der Waals surface area contributed by atoms with Crippen molar-refractivity contribution in [3.63, 3.8) is 0 Å². The predicted molar refractivity (Wildman–Crippen MR) is 130 cm³/mol. The van der Waals surface area contributed by atoms with Crippen molar-refractivity contribution in [2.45, 2.75) is 78.1 Å². The van der Waals surface area contributed by atoms with Gasteiger partial charge >= 0.3 is 0 Å². The lowest BCUT2D eigenvalue weighted by Crippen LogP contribution is -2.30. The zero-order valence-corrected chi connectivity index (χ0v) is 20.5. The Balaban J connectivity index is 1.18. The number of carbonyl (C=O) groups excluding carboxylic acids is 3. The van der Waals surface area contributed by atoms with Crippen molar-refractivity contribution in [2.24, 2.45) is 5.92 Å². The van der Waals surface area contributed by atoms with Gasteiger partial charge in [0.1, 0.15) is 5.01 Å². The molecule has 0 radical (unpaired) electrons. The fourth-order valence-corrected chi connectivity index (χ4v) is 4.94. The molecule has 0 spiro atoms. The number of amides is 3. The van der Waals surface area contributed by atoms with E-state index in [1.54, 1.807) is 24.3 Å². The van der Waals surface area contributed by atoms with Crippen molar-refractivity contribution in [1.29, 1.82) is 0 Å². The van der Waals surface area contributed by atoms with Crippen molar-refractivity contribution in [2.75, 3.05) is 11.9 Å². The Kier molecular flexibility index (Phi) is 9.54. The maximum atomic E-state index is 12.3. The third-order valence-corrected chi connectivity index (χ3v) is 6.57. The number of nitrogens with one attached hydrogen (secondary N) is 1. The van der Waals surface area contributed by atoms with Crippen LogP contribution in [0.25, 0.3) is 0 Å². The topological polar surface area (TPSA) is 92.3 Å². The molecule has 0 unspecified atom stereocenters. The quantitative estimate of drug-likeness (QED) is 0.291. The number of rotatable bonds is 14. The normalized spacial score (nSPS) is 13.1. The Hall–Kier alpha value is -2.61. The average Bonchev–Trinajstić information content (AvgIpc) is 3.31. The third kappa shape index (κ3) is 7.45. The number of anilines is 1. The Bertz CT molecular complexity index is 922. The number of aromatic nitrogens is 2. The lowest BCUT2D eigenvalue weighted by atomic mass is 10.1. The lowest BCUT2D eigenvalue weighted by molar-refractivity contribution is -0.116. The van der Waals surface area contributed by atoms with E-state index in [2.05, 4.69) is 29.4 Å². The van der Waals surface area contributed by atoms with E-state index < -0.39 is 0 Å². The summed E-state index contributed by atoms with van der Waals surface area (Å²) in [6.07, 6.45) is 9.66. The molecule has 1 aromatic carbocycles. The molecule has 0 bridgehead atoms. The highest BCUT2D eigenvalue weighted by molar-refractivity contribution is 7.15. The highest BCUT2D eigenvalue weighted by Crippen LogP contribution is 2.23. The van der Waals surface area contributed by atoms with Gasteiger partial charge in [0.15, 0.2) is 0 Å². The van der Waals surface area contributed by atoms with Gasteiger partial charge in [-0.1, -0.05) is 75.8 Å². The predicted octanol–water partition coefficient (Wildman–Crippen LogP) is 5.48. The van der Waals surface area contributed by atoms with Gasteiger partial charge in [-0.15, -0.1) is 10.2 Å². The molecule has 2 aromatic rings. The zero-order valence-electron chi connectivity index (χ0n) is 19.6. The number of imide groups is 1. The first-order valence-corrected chi connectivity index (χ1v) is 12.8. The van der Waals surface area contributed by atoms with Crippen LogP contribution in [0, 0.1) is 5.92 Å². The SMILES string of the molecule is CC(C)Cc1nnc(NC(=O)CCCCCCCCCCN2C(=O)c3ccccc3C2=O)s1. The fourth-order valence-electron chi connectivity index (χ4n) is 3.98. The summed E-state index contributed by atoms with van der Waals surface area (Å²) < 4.78 is 0. The average molecular weight is 471 g/mol. The first-order chi connectivity index (χ1) is 16.0. The zero-order chi connectivity index (χ0) is 23.6. The molecule has 33 heavy (non-hydrogen) atoms. The van der Waals surface area contributed by atoms with Gasteiger partial charge in [-0.2, -0.15) is 0 Å². The highest BCUT2D eigenvalue weighted by Gasteiger charge is 2.34. The van der Waals surface area contributed by atoms with Crippen LogP contribution in [-0.2, 0) is 11.2 Å². The summed E-state index contributed by atoms with van der Waals surface area (Å²) in [7, 11) is 0. The second-order valence-electron chi connectivity index (χ2n) is 9.03. The van der Waals surface area contributed by atoms with E-state index in [-0.39, 0.29) is 17.7 Å². The van der Waals surface area contributed by atoms with E-state index in [9.17, 15) is 14.4 Å². The van der Waals surface area contributed by atoms with E-state index in [4.69, 9.17) is 0 Å². The van der Waals surface area contributed by atoms with Crippen LogP contribution in [0.2, 0.25) is 0 Å². The second kappa shape index (κ2) is 12.6. The van der Waals surface area contributed by atoms with Crippen LogP contribution >= 0.6 is 11.3 Å². The molecular formula is C25H34N4O3S. The van der Waals surface area contributed by atoms with Crippen LogP contribution in [0.5, 0.6) is 0 Å². The van der Waals surface area contributed by atoms with Crippen molar-refractivity contribution in [3.8, 4) is 0 Å². The van der Waals surface area contributed by atoms with Gasteiger partial charge in [-0.05, 0) is 30.9 Å². The molecule has 2 heterocycles. The van der Waals surface area contributed by atoms with Gasteiger partial charge in [0.05, 0.1) is 11.1 Å². The molecule has 1 aromatic heterocycles. The summed E-state index contributed by atoms with van der Waals surface area (Å²) >= 11 is 1.46. The molecule has 3 rings (SSSR count). The van der Waals surface area contributed by atoms with E-state index in [1.165, 1.54) is 16.2 Å². The largest absolute Gasteiger partial charge is 0.301 e. The molecule has 3 amide bonds. The number of carbonyl (C=O) groups is 3. The van der Waals surface area contributed by atoms with Crippen molar-refractivity contribution in [3.05, 3.63) is 40.4 Å². The number of hydrogen-bond donors (Lipinski definition) is 1. The van der Waals surface area contributed by atoms with Crippen molar-refractivity contribution in [1.82, 2.24) is 15.1 Å². The van der Waals surface area contributed by atoms with Gasteiger partial charge < -0.3 is 5.32 Å². The van der Waals surface area contributed by atoms with Crippen molar-refractivity contribution >= 4 is 34.2 Å². The standard InChI is InChI=1S/C25H34N4O3S/c1-18(2)17-22-27-28-25(33-22)26-21(30)15-9-7-5-3-4-6-8-12-16-29-23(31)19-13-10-11-14-20(19)24(29)32/h10-11,13-14,18H,3-9,12,15-17H2,1-2H3,(H,26,28,30). The summed E-state index contributed by atoms with van der Waals surface area (Å²) in [5.41, 5.74) is 1.05. The second-order valence-corrected chi connectivity index (χ2v) is 10.1. The monoisotopic (exact) mass is 470 g/mol. The smallest absolute Gasteiger partial charge is 0.261 e. The fraction of sp³-hybridized carbons (Fsp3) is 0.560. The van der Waals surface area contributed by atoms with Gasteiger partial charge in [0.25, 0.3) is 11.8 Å². The molecule has 178 valence electrons. The first kappa shape index (κ1) is 25.0. The maximum Gasteiger partial charge on any atom is 0.261 e. The van der Waals surface area contributed by atoms with E-state index in [0.29, 0.717) is 35.1 Å². The van der Waals surface area contributed by atoms with Crippen molar-refractivity contribution < 1.29 is 14.4 Å².